The molecular weight excluding hydrogens is 372 g/mol. The van der Waals surface area contributed by atoms with Crippen LogP contribution in [0.2, 0.25) is 5.02 Å². The number of hydrogen-bond acceptors (Lipinski definition) is 5. The molecule has 2 aromatic carbocycles. The number of ether oxygens (including phenoxy) is 1. The van der Waals surface area contributed by atoms with E-state index < -0.39 is 5.63 Å². The molecule has 3 aromatic rings. The summed E-state index contributed by atoms with van der Waals surface area (Å²) in [6.07, 6.45) is 0. The predicted octanol–water partition coefficient (Wildman–Crippen LogP) is 4.90. The summed E-state index contributed by atoms with van der Waals surface area (Å²) in [7, 11) is 0. The average molecular weight is 389 g/mol. The third-order valence-electron chi connectivity index (χ3n) is 3.94. The number of carbonyl (C=O) groups excluding carboxylic acids is 1. The molecule has 0 amide bonds. The molecule has 26 heavy (non-hydrogen) atoms. The second kappa shape index (κ2) is 7.98. The van der Waals surface area contributed by atoms with Gasteiger partial charge in [-0.05, 0) is 43.2 Å². The first kappa shape index (κ1) is 18.5. The van der Waals surface area contributed by atoms with Crippen molar-refractivity contribution >= 4 is 40.3 Å². The van der Waals surface area contributed by atoms with Gasteiger partial charge in [0.2, 0.25) is 0 Å². The Bertz CT molecular complexity index is 1030. The summed E-state index contributed by atoms with van der Waals surface area (Å²) in [5, 5.41) is 1.23. The number of carbonyl (C=O) groups is 1. The third kappa shape index (κ3) is 4.29. The molecule has 134 valence electrons. The lowest BCUT2D eigenvalue weighted by atomic mass is 10.1. The standard InChI is InChI=1S/C20H17ClO4S/c1-12-5-3-4-6-18(12)26-11-20(23)24-10-14-8-19(22)25-17-7-13(2)16(21)9-15(14)17/h3-9H,10-11H2,1-2H3. The highest BCUT2D eigenvalue weighted by Crippen LogP contribution is 2.26. The van der Waals surface area contributed by atoms with Crippen LogP contribution in [0.1, 0.15) is 16.7 Å². The van der Waals surface area contributed by atoms with Crippen LogP contribution in [0.3, 0.4) is 0 Å². The SMILES string of the molecule is Cc1cc2oc(=O)cc(COC(=O)CSc3ccccc3C)c2cc1Cl. The Morgan fingerprint density at radius 1 is 1.15 bits per heavy atom. The van der Waals surface area contributed by atoms with Crippen LogP contribution in [0.5, 0.6) is 0 Å². The molecule has 0 saturated heterocycles. The van der Waals surface area contributed by atoms with E-state index in [0.29, 0.717) is 21.6 Å². The lowest BCUT2D eigenvalue weighted by Gasteiger charge is -2.09. The van der Waals surface area contributed by atoms with Crippen molar-refractivity contribution in [3.05, 3.63) is 74.6 Å². The van der Waals surface area contributed by atoms with Crippen LogP contribution in [0.15, 0.2) is 56.6 Å². The fourth-order valence-corrected chi connectivity index (χ4v) is 3.51. The average Bonchev–Trinajstić information content (AvgIpc) is 2.60. The van der Waals surface area contributed by atoms with E-state index in [0.717, 1.165) is 16.0 Å². The van der Waals surface area contributed by atoms with Gasteiger partial charge in [-0.1, -0.05) is 29.8 Å². The molecule has 0 N–H and O–H groups in total. The van der Waals surface area contributed by atoms with Crippen molar-refractivity contribution in [1.29, 1.82) is 0 Å². The van der Waals surface area contributed by atoms with E-state index in [1.165, 1.54) is 17.8 Å². The largest absolute Gasteiger partial charge is 0.460 e. The maximum absolute atomic E-state index is 12.1. The Morgan fingerprint density at radius 2 is 1.92 bits per heavy atom. The van der Waals surface area contributed by atoms with E-state index >= 15 is 0 Å². The minimum Gasteiger partial charge on any atom is -0.460 e. The van der Waals surface area contributed by atoms with Gasteiger partial charge in [-0.15, -0.1) is 11.8 Å². The van der Waals surface area contributed by atoms with E-state index in [9.17, 15) is 9.59 Å². The number of benzene rings is 2. The van der Waals surface area contributed by atoms with Gasteiger partial charge >= 0.3 is 11.6 Å². The fraction of sp³-hybridized carbons (Fsp3) is 0.200. The van der Waals surface area contributed by atoms with Crippen LogP contribution in [0.25, 0.3) is 11.0 Å². The summed E-state index contributed by atoms with van der Waals surface area (Å²) in [6, 6.07) is 12.6. The second-order valence-corrected chi connectivity index (χ2v) is 7.33. The highest BCUT2D eigenvalue weighted by molar-refractivity contribution is 8.00. The molecule has 6 heteroatoms. The van der Waals surface area contributed by atoms with Crippen LogP contribution < -0.4 is 5.63 Å². The van der Waals surface area contributed by atoms with Crippen molar-refractivity contribution < 1.29 is 13.9 Å². The highest BCUT2D eigenvalue weighted by atomic mass is 35.5. The number of esters is 1. The van der Waals surface area contributed by atoms with Crippen molar-refractivity contribution in [2.45, 2.75) is 25.3 Å². The maximum Gasteiger partial charge on any atom is 0.336 e. The smallest absolute Gasteiger partial charge is 0.336 e. The maximum atomic E-state index is 12.1. The molecule has 0 atom stereocenters. The molecule has 1 heterocycles. The molecule has 0 saturated carbocycles. The number of hydrogen-bond donors (Lipinski definition) is 0. The van der Waals surface area contributed by atoms with Crippen molar-refractivity contribution in [2.24, 2.45) is 0 Å². The number of aryl methyl sites for hydroxylation is 2. The summed E-state index contributed by atoms with van der Waals surface area (Å²) in [5.41, 5.74) is 2.44. The lowest BCUT2D eigenvalue weighted by molar-refractivity contribution is -0.141. The van der Waals surface area contributed by atoms with E-state index in [4.69, 9.17) is 20.8 Å². The molecule has 1 aromatic heterocycles. The first-order valence-corrected chi connectivity index (χ1v) is 9.37. The van der Waals surface area contributed by atoms with Gasteiger partial charge in [-0.2, -0.15) is 0 Å². The summed E-state index contributed by atoms with van der Waals surface area (Å²) in [6.45, 7) is 3.82. The minimum atomic E-state index is -0.487. The van der Waals surface area contributed by atoms with E-state index in [1.54, 1.807) is 12.1 Å². The van der Waals surface area contributed by atoms with Crippen molar-refractivity contribution in [2.75, 3.05) is 5.75 Å². The molecule has 3 rings (SSSR count). The van der Waals surface area contributed by atoms with Crippen LogP contribution >= 0.6 is 23.4 Å². The Hall–Kier alpha value is -2.24. The van der Waals surface area contributed by atoms with Crippen LogP contribution in [0.4, 0.5) is 0 Å². The molecular formula is C20H17ClO4S. The molecule has 0 fully saturated rings. The van der Waals surface area contributed by atoms with E-state index in [-0.39, 0.29) is 18.3 Å². The molecule has 0 radical (unpaired) electrons. The number of halogens is 1. The van der Waals surface area contributed by atoms with Gasteiger partial charge in [0.1, 0.15) is 12.2 Å². The Morgan fingerprint density at radius 3 is 2.69 bits per heavy atom. The molecule has 0 aliphatic carbocycles. The number of rotatable bonds is 5. The Labute approximate surface area is 160 Å². The molecule has 0 unspecified atom stereocenters. The quantitative estimate of drug-likeness (QED) is 0.353. The number of fused-ring (bicyclic) bond motifs is 1. The lowest BCUT2D eigenvalue weighted by Crippen LogP contribution is -2.09. The van der Waals surface area contributed by atoms with Crippen molar-refractivity contribution in [3.8, 4) is 0 Å². The van der Waals surface area contributed by atoms with Gasteiger partial charge in [0, 0.05) is 26.9 Å². The highest BCUT2D eigenvalue weighted by Gasteiger charge is 2.11. The zero-order valence-electron chi connectivity index (χ0n) is 14.4. The monoisotopic (exact) mass is 388 g/mol. The van der Waals surface area contributed by atoms with Crippen molar-refractivity contribution in [3.63, 3.8) is 0 Å². The first-order valence-electron chi connectivity index (χ1n) is 8.01. The summed E-state index contributed by atoms with van der Waals surface area (Å²) >= 11 is 7.59. The number of thioether (sulfide) groups is 1. The molecule has 0 aliphatic rings. The van der Waals surface area contributed by atoms with Gasteiger partial charge in [0.15, 0.2) is 0 Å². The van der Waals surface area contributed by atoms with Crippen LogP contribution in [-0.4, -0.2) is 11.7 Å². The van der Waals surface area contributed by atoms with E-state index in [2.05, 4.69) is 0 Å². The summed E-state index contributed by atoms with van der Waals surface area (Å²) < 4.78 is 10.5. The third-order valence-corrected chi connectivity index (χ3v) is 5.49. The first-order chi connectivity index (χ1) is 12.4. The zero-order chi connectivity index (χ0) is 18.7. The van der Waals surface area contributed by atoms with Gasteiger partial charge < -0.3 is 9.15 Å². The van der Waals surface area contributed by atoms with Gasteiger partial charge in [-0.25, -0.2) is 4.79 Å². The molecule has 4 nitrogen and oxygen atoms in total. The van der Waals surface area contributed by atoms with E-state index in [1.807, 2.05) is 38.1 Å². The van der Waals surface area contributed by atoms with Gasteiger partial charge in [0.05, 0.1) is 5.75 Å². The zero-order valence-corrected chi connectivity index (χ0v) is 15.9. The molecule has 0 bridgehead atoms. The van der Waals surface area contributed by atoms with Crippen LogP contribution in [-0.2, 0) is 16.1 Å². The second-order valence-electron chi connectivity index (χ2n) is 5.90. The van der Waals surface area contributed by atoms with Crippen LogP contribution in [0, 0.1) is 13.8 Å². The Balaban J connectivity index is 1.71. The normalized spacial score (nSPS) is 10.9. The Kier molecular flexibility index (Phi) is 5.69. The topological polar surface area (TPSA) is 56.5 Å². The molecule has 0 aliphatic heterocycles. The summed E-state index contributed by atoms with van der Waals surface area (Å²) in [4.78, 5) is 24.9. The minimum absolute atomic E-state index is 0.00530. The predicted molar refractivity (Wildman–Crippen MR) is 104 cm³/mol. The summed E-state index contributed by atoms with van der Waals surface area (Å²) in [5.74, 6) is -0.151. The van der Waals surface area contributed by atoms with Crippen molar-refractivity contribution in [1.82, 2.24) is 0 Å². The molecule has 0 spiro atoms. The fourth-order valence-electron chi connectivity index (χ4n) is 2.52. The van der Waals surface area contributed by atoms with Gasteiger partial charge in [-0.3, -0.25) is 4.79 Å². The van der Waals surface area contributed by atoms with Gasteiger partial charge in [0.25, 0.3) is 0 Å².